The summed E-state index contributed by atoms with van der Waals surface area (Å²) < 4.78 is 43.5. The predicted octanol–water partition coefficient (Wildman–Crippen LogP) is 2.59. The van der Waals surface area contributed by atoms with E-state index in [1.165, 1.54) is 35.9 Å². The Morgan fingerprint density at radius 3 is 2.42 bits per heavy atom. The van der Waals surface area contributed by atoms with Gasteiger partial charge in [0.15, 0.2) is 5.13 Å². The third kappa shape index (κ3) is 4.49. The lowest BCUT2D eigenvalue weighted by molar-refractivity contribution is 0.0730. The minimum atomic E-state index is -3.61. The van der Waals surface area contributed by atoms with E-state index >= 15 is 0 Å². The minimum absolute atomic E-state index is 0.195. The highest BCUT2D eigenvalue weighted by molar-refractivity contribution is 7.89. The van der Waals surface area contributed by atoms with E-state index in [1.807, 2.05) is 0 Å². The molecule has 1 aliphatic heterocycles. The number of aromatic nitrogens is 1. The second-order valence-corrected chi connectivity index (χ2v) is 9.69. The molecule has 1 aliphatic rings. The lowest BCUT2D eigenvalue weighted by Crippen LogP contribution is -2.40. The predicted molar refractivity (Wildman–Crippen MR) is 117 cm³/mol. The highest BCUT2D eigenvalue weighted by atomic mass is 32.2. The van der Waals surface area contributed by atoms with E-state index in [-0.39, 0.29) is 10.8 Å². The van der Waals surface area contributed by atoms with Gasteiger partial charge in [0.05, 0.1) is 42.5 Å². The maximum Gasteiger partial charge on any atom is 0.257 e. The summed E-state index contributed by atoms with van der Waals surface area (Å²) in [5.74, 6) is 0.607. The average molecular weight is 464 g/mol. The molecule has 1 saturated heterocycles. The van der Waals surface area contributed by atoms with Crippen LogP contribution in [-0.2, 0) is 14.8 Å². The Balaban J connectivity index is 1.58. The van der Waals surface area contributed by atoms with Crippen molar-refractivity contribution in [2.45, 2.75) is 4.90 Å². The molecule has 1 aromatic heterocycles. The van der Waals surface area contributed by atoms with E-state index in [0.29, 0.717) is 58.7 Å². The van der Waals surface area contributed by atoms with E-state index in [2.05, 4.69) is 10.3 Å². The fourth-order valence-corrected chi connectivity index (χ4v) is 5.57. The maximum atomic E-state index is 12.9. The van der Waals surface area contributed by atoms with E-state index in [1.54, 1.807) is 30.3 Å². The molecular weight excluding hydrogens is 442 g/mol. The van der Waals surface area contributed by atoms with Gasteiger partial charge < -0.3 is 14.2 Å². The number of amides is 1. The quantitative estimate of drug-likeness (QED) is 0.599. The molecule has 4 rings (SSSR count). The number of rotatable bonds is 6. The van der Waals surface area contributed by atoms with Gasteiger partial charge >= 0.3 is 0 Å². The van der Waals surface area contributed by atoms with Crippen LogP contribution < -0.4 is 14.8 Å². The summed E-state index contributed by atoms with van der Waals surface area (Å²) in [6, 6.07) is 9.62. The number of nitrogens with zero attached hydrogens (tertiary/aromatic N) is 2. The smallest absolute Gasteiger partial charge is 0.257 e. The largest absolute Gasteiger partial charge is 0.497 e. The van der Waals surface area contributed by atoms with E-state index in [9.17, 15) is 13.2 Å². The monoisotopic (exact) mass is 463 g/mol. The van der Waals surface area contributed by atoms with Crippen molar-refractivity contribution in [3.05, 3.63) is 42.0 Å². The Labute approximate surface area is 183 Å². The molecule has 9 nitrogen and oxygen atoms in total. The second kappa shape index (κ2) is 8.79. The van der Waals surface area contributed by atoms with Crippen LogP contribution in [0.3, 0.4) is 0 Å². The van der Waals surface area contributed by atoms with Crippen LogP contribution in [0.2, 0.25) is 0 Å². The number of benzene rings is 2. The minimum Gasteiger partial charge on any atom is -0.497 e. The van der Waals surface area contributed by atoms with Gasteiger partial charge in [-0.2, -0.15) is 4.31 Å². The van der Waals surface area contributed by atoms with Crippen molar-refractivity contribution < 1.29 is 27.4 Å². The molecule has 1 amide bonds. The highest BCUT2D eigenvalue weighted by Crippen LogP contribution is 2.30. The average Bonchev–Trinajstić information content (AvgIpc) is 3.20. The Hall–Kier alpha value is -2.73. The van der Waals surface area contributed by atoms with Gasteiger partial charge in [0.1, 0.15) is 11.5 Å². The van der Waals surface area contributed by atoms with Gasteiger partial charge in [-0.25, -0.2) is 13.4 Å². The van der Waals surface area contributed by atoms with Crippen LogP contribution in [0.4, 0.5) is 5.13 Å². The molecule has 164 valence electrons. The van der Waals surface area contributed by atoms with Crippen LogP contribution in [0.1, 0.15) is 10.4 Å². The number of fused-ring (bicyclic) bond motifs is 1. The molecule has 0 radical (unpaired) electrons. The zero-order chi connectivity index (χ0) is 22.0. The van der Waals surface area contributed by atoms with Crippen LogP contribution in [0, 0.1) is 0 Å². The number of nitrogens with one attached hydrogen (secondary N) is 1. The van der Waals surface area contributed by atoms with Crippen LogP contribution in [-0.4, -0.2) is 64.1 Å². The summed E-state index contributed by atoms with van der Waals surface area (Å²) >= 11 is 1.20. The SMILES string of the molecule is COc1cc(OC)cc(C(=O)Nc2nc3ccc(S(=O)(=O)N4CCOCC4)cc3s2)c1. The fraction of sp³-hybridized carbons (Fsp3) is 0.300. The number of sulfonamides is 1. The molecule has 0 bridgehead atoms. The van der Waals surface area contributed by atoms with Crippen molar-refractivity contribution in [2.24, 2.45) is 0 Å². The first-order valence-corrected chi connectivity index (χ1v) is 11.7. The van der Waals surface area contributed by atoms with Crippen molar-refractivity contribution in [3.8, 4) is 11.5 Å². The highest BCUT2D eigenvalue weighted by Gasteiger charge is 2.26. The second-order valence-electron chi connectivity index (χ2n) is 6.72. The zero-order valence-corrected chi connectivity index (χ0v) is 18.6. The number of hydrogen-bond acceptors (Lipinski definition) is 8. The summed E-state index contributed by atoms with van der Waals surface area (Å²) in [7, 11) is -0.596. The van der Waals surface area contributed by atoms with Crippen LogP contribution >= 0.6 is 11.3 Å². The molecular formula is C20H21N3O6S2. The summed E-state index contributed by atoms with van der Waals surface area (Å²) in [5.41, 5.74) is 0.954. The summed E-state index contributed by atoms with van der Waals surface area (Å²) in [4.78, 5) is 17.3. The Bertz CT molecular complexity index is 1200. The standard InChI is InChI=1S/C20H21N3O6S2/c1-27-14-9-13(10-15(11-14)28-2)19(24)22-20-21-17-4-3-16(12-18(17)30-20)31(25,26)23-5-7-29-8-6-23/h3-4,9-12H,5-8H2,1-2H3,(H,21,22,24). The molecule has 2 heterocycles. The lowest BCUT2D eigenvalue weighted by atomic mass is 10.2. The van der Waals surface area contributed by atoms with Crippen LogP contribution in [0.25, 0.3) is 10.2 Å². The van der Waals surface area contributed by atoms with Gasteiger partial charge in [-0.05, 0) is 30.3 Å². The number of ether oxygens (including phenoxy) is 3. The van der Waals surface area contributed by atoms with Crippen molar-refractivity contribution >= 4 is 42.6 Å². The Morgan fingerprint density at radius 2 is 1.77 bits per heavy atom. The molecule has 0 aliphatic carbocycles. The van der Waals surface area contributed by atoms with Crippen molar-refractivity contribution in [2.75, 3.05) is 45.8 Å². The number of carbonyl (C=O) groups excluding carboxylic acids is 1. The van der Waals surface area contributed by atoms with Gasteiger partial charge in [0.2, 0.25) is 10.0 Å². The number of hydrogen-bond donors (Lipinski definition) is 1. The number of methoxy groups -OCH3 is 2. The van der Waals surface area contributed by atoms with E-state index in [4.69, 9.17) is 14.2 Å². The molecule has 3 aromatic rings. The maximum absolute atomic E-state index is 12.9. The van der Waals surface area contributed by atoms with Crippen molar-refractivity contribution in [1.29, 1.82) is 0 Å². The molecule has 1 fully saturated rings. The normalized spacial score (nSPS) is 15.0. The Kier molecular flexibility index (Phi) is 6.10. The first-order valence-electron chi connectivity index (χ1n) is 9.43. The molecule has 0 unspecified atom stereocenters. The lowest BCUT2D eigenvalue weighted by Gasteiger charge is -2.25. The van der Waals surface area contributed by atoms with Crippen LogP contribution in [0.5, 0.6) is 11.5 Å². The zero-order valence-electron chi connectivity index (χ0n) is 17.0. The van der Waals surface area contributed by atoms with Crippen molar-refractivity contribution in [3.63, 3.8) is 0 Å². The fourth-order valence-electron chi connectivity index (χ4n) is 3.16. The number of carbonyl (C=O) groups is 1. The van der Waals surface area contributed by atoms with E-state index in [0.717, 1.165) is 0 Å². The third-order valence-electron chi connectivity index (χ3n) is 4.80. The molecule has 0 atom stereocenters. The Morgan fingerprint density at radius 1 is 1.10 bits per heavy atom. The number of thiazole rings is 1. The number of anilines is 1. The summed E-state index contributed by atoms with van der Waals surface area (Å²) in [6.07, 6.45) is 0. The summed E-state index contributed by atoms with van der Waals surface area (Å²) in [5, 5.41) is 3.12. The topological polar surface area (TPSA) is 107 Å². The molecule has 1 N–H and O–H groups in total. The van der Waals surface area contributed by atoms with Gasteiger partial charge in [0, 0.05) is 24.7 Å². The van der Waals surface area contributed by atoms with Crippen LogP contribution in [0.15, 0.2) is 41.3 Å². The van der Waals surface area contributed by atoms with Gasteiger partial charge in [-0.3, -0.25) is 10.1 Å². The van der Waals surface area contributed by atoms with Gasteiger partial charge in [-0.1, -0.05) is 11.3 Å². The molecule has 11 heteroatoms. The van der Waals surface area contributed by atoms with Gasteiger partial charge in [-0.15, -0.1) is 0 Å². The number of morpholine rings is 1. The molecule has 2 aromatic carbocycles. The first-order chi connectivity index (χ1) is 14.9. The molecule has 0 spiro atoms. The molecule has 0 saturated carbocycles. The van der Waals surface area contributed by atoms with E-state index < -0.39 is 10.0 Å². The molecule has 31 heavy (non-hydrogen) atoms. The third-order valence-corrected chi connectivity index (χ3v) is 7.63. The van der Waals surface area contributed by atoms with Gasteiger partial charge in [0.25, 0.3) is 5.91 Å². The first kappa shape index (κ1) is 21.5. The summed E-state index contributed by atoms with van der Waals surface area (Å²) in [6.45, 7) is 1.42. The van der Waals surface area contributed by atoms with Crippen molar-refractivity contribution in [1.82, 2.24) is 9.29 Å².